The van der Waals surface area contributed by atoms with Crippen molar-refractivity contribution in [1.29, 1.82) is 0 Å². The van der Waals surface area contributed by atoms with Crippen LogP contribution in [0.15, 0.2) is 73.1 Å². The molecule has 2 N–H and O–H groups in total. The van der Waals surface area contributed by atoms with Gasteiger partial charge in [0.05, 0.1) is 13.7 Å². The third-order valence-electron chi connectivity index (χ3n) is 6.81. The van der Waals surface area contributed by atoms with Gasteiger partial charge in [-0.05, 0) is 66.2 Å². The van der Waals surface area contributed by atoms with Gasteiger partial charge in [-0.15, -0.1) is 0 Å². The Morgan fingerprint density at radius 1 is 1.15 bits per heavy atom. The number of benzene rings is 3. The molecular formula is C30H26FN5O4. The largest absolute Gasteiger partial charge is 0.493 e. The molecule has 0 fully saturated rings. The summed E-state index contributed by atoms with van der Waals surface area (Å²) in [7, 11) is 3.25. The van der Waals surface area contributed by atoms with Gasteiger partial charge in [-0.3, -0.25) is 14.2 Å². The molecule has 5 aromatic rings. The number of H-pyrrole nitrogens is 1. The molecule has 202 valence electrons. The quantitative estimate of drug-likeness (QED) is 0.352. The van der Waals surface area contributed by atoms with Crippen LogP contribution in [0.25, 0.3) is 28.0 Å². The fourth-order valence-electron chi connectivity index (χ4n) is 4.88. The molecule has 10 heteroatoms. The van der Waals surface area contributed by atoms with Gasteiger partial charge < -0.3 is 24.7 Å². The number of halogens is 1. The van der Waals surface area contributed by atoms with E-state index in [1.807, 2.05) is 29.0 Å². The van der Waals surface area contributed by atoms with E-state index < -0.39 is 0 Å². The van der Waals surface area contributed by atoms with Crippen LogP contribution in [0.1, 0.15) is 21.6 Å². The summed E-state index contributed by atoms with van der Waals surface area (Å²) in [5.41, 5.74) is 4.25. The first-order valence-corrected chi connectivity index (χ1v) is 12.7. The molecule has 4 bridgehead atoms. The summed E-state index contributed by atoms with van der Waals surface area (Å²) in [6, 6.07) is 17.3. The first-order chi connectivity index (χ1) is 19.4. The van der Waals surface area contributed by atoms with Gasteiger partial charge in [0.1, 0.15) is 11.6 Å². The van der Waals surface area contributed by atoms with Crippen LogP contribution in [-0.4, -0.2) is 52.0 Å². The van der Waals surface area contributed by atoms with Crippen LogP contribution in [0.3, 0.4) is 0 Å². The number of nitrogens with zero attached hydrogens (tertiary/aromatic N) is 3. The number of methoxy groups -OCH3 is 1. The van der Waals surface area contributed by atoms with Crippen LogP contribution in [0.5, 0.6) is 11.5 Å². The molecule has 9 nitrogen and oxygen atoms in total. The molecule has 3 heterocycles. The maximum Gasteiger partial charge on any atom is 0.258 e. The fourth-order valence-corrected chi connectivity index (χ4v) is 4.88. The van der Waals surface area contributed by atoms with E-state index in [-0.39, 0.29) is 30.8 Å². The van der Waals surface area contributed by atoms with Crippen molar-refractivity contribution < 1.29 is 23.5 Å². The molecule has 0 radical (unpaired) electrons. The van der Waals surface area contributed by atoms with Crippen molar-refractivity contribution in [2.75, 3.05) is 20.8 Å². The van der Waals surface area contributed by atoms with Gasteiger partial charge in [0.2, 0.25) is 0 Å². The lowest BCUT2D eigenvalue weighted by Crippen LogP contribution is -2.29. The molecule has 40 heavy (non-hydrogen) atoms. The summed E-state index contributed by atoms with van der Waals surface area (Å²) in [5.74, 6) is 0.732. The number of fused-ring (bicyclic) bond motifs is 8. The standard InChI is InChI=1S/C30H26FN5O4/c1-35(16-23-12-20-11-22(31)4-5-25(20)34-23)30(38)21-9-18-10-24(13-21)36-8-7-32-29(36)19-3-6-26(39-2)27(14-19)40-17-28(37)33-15-18/h3-14,34H,15-17H2,1-2H3,(H,33,37). The predicted molar refractivity (Wildman–Crippen MR) is 147 cm³/mol. The second-order valence-corrected chi connectivity index (χ2v) is 9.63. The average Bonchev–Trinajstić information content (AvgIpc) is 3.60. The smallest absolute Gasteiger partial charge is 0.258 e. The zero-order chi connectivity index (χ0) is 27.8. The van der Waals surface area contributed by atoms with E-state index in [1.54, 1.807) is 48.5 Å². The molecule has 0 unspecified atom stereocenters. The molecule has 6 rings (SSSR count). The number of amides is 2. The highest BCUT2D eigenvalue weighted by atomic mass is 19.1. The maximum atomic E-state index is 13.6. The Balaban J connectivity index is 1.37. The third-order valence-corrected chi connectivity index (χ3v) is 6.81. The van der Waals surface area contributed by atoms with Crippen molar-refractivity contribution in [1.82, 2.24) is 24.8 Å². The van der Waals surface area contributed by atoms with Gasteiger partial charge in [0, 0.05) is 59.4 Å². The minimum Gasteiger partial charge on any atom is -0.493 e. The van der Waals surface area contributed by atoms with Crippen molar-refractivity contribution in [2.24, 2.45) is 0 Å². The number of carbonyl (C=O) groups excluding carboxylic acids is 2. The van der Waals surface area contributed by atoms with Crippen LogP contribution in [0, 0.1) is 5.82 Å². The van der Waals surface area contributed by atoms with Crippen LogP contribution in [0.2, 0.25) is 0 Å². The van der Waals surface area contributed by atoms with Gasteiger partial charge in [-0.1, -0.05) is 0 Å². The van der Waals surface area contributed by atoms with Crippen molar-refractivity contribution in [2.45, 2.75) is 13.1 Å². The Morgan fingerprint density at radius 3 is 2.88 bits per heavy atom. The number of nitrogens with one attached hydrogen (secondary N) is 2. The van der Waals surface area contributed by atoms with Gasteiger partial charge in [0.15, 0.2) is 18.1 Å². The second-order valence-electron chi connectivity index (χ2n) is 9.63. The summed E-state index contributed by atoms with van der Waals surface area (Å²) in [6.45, 7) is 0.303. The van der Waals surface area contributed by atoms with Crippen LogP contribution in [0.4, 0.5) is 4.39 Å². The summed E-state index contributed by atoms with van der Waals surface area (Å²) >= 11 is 0. The van der Waals surface area contributed by atoms with E-state index in [0.29, 0.717) is 29.4 Å². The van der Waals surface area contributed by atoms with Gasteiger partial charge in [-0.25, -0.2) is 9.37 Å². The molecule has 1 aliphatic heterocycles. The monoisotopic (exact) mass is 539 g/mol. The summed E-state index contributed by atoms with van der Waals surface area (Å²) in [5, 5.41) is 3.60. The van der Waals surface area contributed by atoms with Crippen molar-refractivity contribution in [3.05, 3.63) is 95.7 Å². The minimum atomic E-state index is -0.314. The number of ether oxygens (including phenoxy) is 2. The Labute approximate surface area is 229 Å². The molecule has 0 aliphatic carbocycles. The van der Waals surface area contributed by atoms with Crippen molar-refractivity contribution >= 4 is 22.7 Å². The maximum absolute atomic E-state index is 13.6. The number of imidazole rings is 1. The number of aromatic amines is 1. The fraction of sp³-hybridized carbons (Fsp3) is 0.167. The summed E-state index contributed by atoms with van der Waals surface area (Å²) in [4.78, 5) is 35.6. The SMILES string of the molecule is COc1ccc2cc1OCC(=O)NCc1cc(C(=O)N(C)Cc3cc4cc(F)ccc4[nH]3)cc(c1)-n1ccnc1-2. The number of hydrogen-bond acceptors (Lipinski definition) is 5. The highest BCUT2D eigenvalue weighted by Crippen LogP contribution is 2.33. The number of carbonyl (C=O) groups is 2. The van der Waals surface area contributed by atoms with E-state index in [1.165, 1.54) is 19.2 Å². The lowest BCUT2D eigenvalue weighted by molar-refractivity contribution is -0.123. The Hall–Kier alpha value is -5.12. The lowest BCUT2D eigenvalue weighted by atomic mass is 10.1. The van der Waals surface area contributed by atoms with Gasteiger partial charge in [0.25, 0.3) is 11.8 Å². The highest BCUT2D eigenvalue weighted by Gasteiger charge is 2.19. The zero-order valence-corrected chi connectivity index (χ0v) is 21.9. The molecule has 2 amide bonds. The molecule has 0 saturated heterocycles. The van der Waals surface area contributed by atoms with Gasteiger partial charge in [-0.2, -0.15) is 0 Å². The second kappa shape index (κ2) is 10.2. The molecule has 1 aliphatic rings. The Morgan fingerprint density at radius 2 is 2.02 bits per heavy atom. The molecular weight excluding hydrogens is 513 g/mol. The third kappa shape index (κ3) is 4.86. The first kappa shape index (κ1) is 25.2. The number of aromatic nitrogens is 3. The topological polar surface area (TPSA) is 101 Å². The van der Waals surface area contributed by atoms with Crippen molar-refractivity contribution in [3.63, 3.8) is 0 Å². The highest BCUT2D eigenvalue weighted by molar-refractivity contribution is 5.95. The average molecular weight is 540 g/mol. The van der Waals surface area contributed by atoms with Crippen molar-refractivity contribution in [3.8, 4) is 28.6 Å². The molecule has 2 aromatic heterocycles. The van der Waals surface area contributed by atoms with E-state index in [4.69, 9.17) is 9.47 Å². The van der Waals surface area contributed by atoms with Crippen LogP contribution in [-0.2, 0) is 17.9 Å². The minimum absolute atomic E-state index is 0.198. The molecule has 3 aromatic carbocycles. The molecule has 0 atom stereocenters. The number of rotatable bonds is 4. The summed E-state index contributed by atoms with van der Waals surface area (Å²) in [6.07, 6.45) is 3.51. The lowest BCUT2D eigenvalue weighted by Gasteiger charge is -2.18. The van der Waals surface area contributed by atoms with E-state index in [2.05, 4.69) is 15.3 Å². The molecule has 0 spiro atoms. The normalized spacial score (nSPS) is 12.8. The zero-order valence-electron chi connectivity index (χ0n) is 21.9. The number of hydrogen-bond donors (Lipinski definition) is 2. The van der Waals surface area contributed by atoms with Crippen LogP contribution >= 0.6 is 0 Å². The Bertz CT molecular complexity index is 1760. The Kier molecular flexibility index (Phi) is 6.43. The van der Waals surface area contributed by atoms with E-state index >= 15 is 0 Å². The van der Waals surface area contributed by atoms with Gasteiger partial charge >= 0.3 is 0 Å². The van der Waals surface area contributed by atoms with Crippen LogP contribution < -0.4 is 14.8 Å². The first-order valence-electron chi connectivity index (χ1n) is 12.7. The molecule has 0 saturated carbocycles. The van der Waals surface area contributed by atoms with E-state index in [0.717, 1.165) is 33.4 Å². The summed E-state index contributed by atoms with van der Waals surface area (Å²) < 4.78 is 26.7. The van der Waals surface area contributed by atoms with E-state index in [9.17, 15) is 14.0 Å². The predicted octanol–water partition coefficient (Wildman–Crippen LogP) is 4.45.